The summed E-state index contributed by atoms with van der Waals surface area (Å²) in [7, 11) is 3.17. The van der Waals surface area contributed by atoms with Gasteiger partial charge in [-0.1, -0.05) is 25.7 Å². The normalized spacial score (nSPS) is 33.6. The van der Waals surface area contributed by atoms with Gasteiger partial charge in [0.15, 0.2) is 0 Å². The zero-order valence-corrected chi connectivity index (χ0v) is 11.5. The van der Waals surface area contributed by atoms with Crippen molar-refractivity contribution in [3.05, 3.63) is 0 Å². The van der Waals surface area contributed by atoms with Gasteiger partial charge in [0.2, 0.25) is 0 Å². The largest absolute Gasteiger partial charge is 0.468 e. The third-order valence-electron chi connectivity index (χ3n) is 4.49. The molecule has 2 rings (SSSR count). The lowest BCUT2D eigenvalue weighted by molar-refractivity contribution is -0.159. The second kappa shape index (κ2) is 6.02. The van der Waals surface area contributed by atoms with Gasteiger partial charge in [-0.25, -0.2) is 4.79 Å². The molecule has 18 heavy (non-hydrogen) atoms. The van der Waals surface area contributed by atoms with Crippen LogP contribution in [-0.2, 0) is 14.3 Å². The highest BCUT2D eigenvalue weighted by Gasteiger charge is 2.49. The molecule has 0 saturated heterocycles. The van der Waals surface area contributed by atoms with Gasteiger partial charge in [-0.05, 0) is 25.7 Å². The molecule has 0 aromatic heterocycles. The second-order valence-electron chi connectivity index (χ2n) is 5.56. The van der Waals surface area contributed by atoms with Gasteiger partial charge in [-0.15, -0.1) is 0 Å². The van der Waals surface area contributed by atoms with E-state index in [9.17, 15) is 4.79 Å². The molecular formula is C14H25NO3. The van der Waals surface area contributed by atoms with E-state index < -0.39 is 5.54 Å². The van der Waals surface area contributed by atoms with Crippen molar-refractivity contribution in [3.63, 3.8) is 0 Å². The van der Waals surface area contributed by atoms with Crippen molar-refractivity contribution in [1.29, 1.82) is 0 Å². The number of methoxy groups -OCH3 is 2. The highest BCUT2D eigenvalue weighted by molar-refractivity contribution is 5.82. The van der Waals surface area contributed by atoms with Crippen molar-refractivity contribution < 1.29 is 14.3 Å². The molecule has 0 aromatic rings. The average molecular weight is 255 g/mol. The Hall–Kier alpha value is -0.610. The molecule has 2 unspecified atom stereocenters. The van der Waals surface area contributed by atoms with Crippen LogP contribution in [0.15, 0.2) is 0 Å². The maximum Gasteiger partial charge on any atom is 0.328 e. The van der Waals surface area contributed by atoms with Crippen molar-refractivity contribution in [2.24, 2.45) is 0 Å². The monoisotopic (exact) mass is 255 g/mol. The zero-order chi connectivity index (χ0) is 13.0. The van der Waals surface area contributed by atoms with Gasteiger partial charge in [0, 0.05) is 13.2 Å². The maximum atomic E-state index is 12.3. The molecule has 2 aliphatic carbocycles. The summed E-state index contributed by atoms with van der Waals surface area (Å²) in [4.78, 5) is 12.3. The van der Waals surface area contributed by atoms with Crippen molar-refractivity contribution in [2.45, 2.75) is 69.1 Å². The third kappa shape index (κ3) is 2.54. The lowest BCUT2D eigenvalue weighted by atomic mass is 9.78. The molecule has 104 valence electrons. The summed E-state index contributed by atoms with van der Waals surface area (Å²) in [6.45, 7) is 0. The molecule has 0 aliphatic heterocycles. The second-order valence-corrected chi connectivity index (χ2v) is 5.56. The van der Waals surface area contributed by atoms with Crippen LogP contribution in [0, 0.1) is 0 Å². The van der Waals surface area contributed by atoms with Crippen LogP contribution in [0.4, 0.5) is 0 Å². The molecule has 0 heterocycles. The van der Waals surface area contributed by atoms with E-state index in [2.05, 4.69) is 5.32 Å². The van der Waals surface area contributed by atoms with Crippen LogP contribution in [0.2, 0.25) is 0 Å². The Balaban J connectivity index is 2.16. The molecule has 2 aliphatic rings. The molecule has 0 aromatic carbocycles. The van der Waals surface area contributed by atoms with Gasteiger partial charge in [0.1, 0.15) is 5.54 Å². The highest BCUT2D eigenvalue weighted by atomic mass is 16.5. The molecule has 1 N–H and O–H groups in total. The molecule has 2 saturated carbocycles. The topological polar surface area (TPSA) is 47.6 Å². The van der Waals surface area contributed by atoms with E-state index >= 15 is 0 Å². The van der Waals surface area contributed by atoms with Gasteiger partial charge in [0.25, 0.3) is 0 Å². The molecule has 2 atom stereocenters. The maximum absolute atomic E-state index is 12.3. The molecule has 0 spiro atoms. The number of carbonyl (C=O) groups excluding carboxylic acids is 1. The minimum atomic E-state index is -0.614. The van der Waals surface area contributed by atoms with E-state index in [-0.39, 0.29) is 12.1 Å². The standard InChI is InChI=1S/C14H25NO3/c1-17-12-9-5-6-10-14(12,13(16)18-2)15-11-7-3-4-8-11/h11-12,15H,3-10H2,1-2H3. The summed E-state index contributed by atoms with van der Waals surface area (Å²) >= 11 is 0. The SMILES string of the molecule is COC(=O)C1(NC2CCCC2)CCCCC1OC. The molecular weight excluding hydrogens is 230 g/mol. The zero-order valence-electron chi connectivity index (χ0n) is 11.5. The molecule has 0 bridgehead atoms. The summed E-state index contributed by atoms with van der Waals surface area (Å²) in [5.74, 6) is -0.152. The number of hydrogen-bond acceptors (Lipinski definition) is 4. The van der Waals surface area contributed by atoms with Crippen molar-refractivity contribution in [2.75, 3.05) is 14.2 Å². The fourth-order valence-electron chi connectivity index (χ4n) is 3.53. The summed E-state index contributed by atoms with van der Waals surface area (Å²) in [5, 5.41) is 3.58. The smallest absolute Gasteiger partial charge is 0.328 e. The summed E-state index contributed by atoms with van der Waals surface area (Å²) in [6.07, 6.45) is 8.74. The molecule has 0 amide bonds. The number of hydrogen-bond donors (Lipinski definition) is 1. The molecule has 4 heteroatoms. The lowest BCUT2D eigenvalue weighted by Gasteiger charge is -2.43. The number of nitrogens with one attached hydrogen (secondary N) is 1. The number of ether oxygens (including phenoxy) is 2. The van der Waals surface area contributed by atoms with Gasteiger partial charge in [-0.2, -0.15) is 0 Å². The van der Waals surface area contributed by atoms with Crippen LogP contribution in [0.5, 0.6) is 0 Å². The van der Waals surface area contributed by atoms with E-state index in [1.807, 2.05) is 0 Å². The van der Waals surface area contributed by atoms with Crippen molar-refractivity contribution in [3.8, 4) is 0 Å². The number of rotatable bonds is 4. The van der Waals surface area contributed by atoms with Gasteiger partial charge in [-0.3, -0.25) is 5.32 Å². The Morgan fingerprint density at radius 3 is 2.39 bits per heavy atom. The summed E-state index contributed by atoms with van der Waals surface area (Å²) in [5.41, 5.74) is -0.614. The molecule has 0 radical (unpaired) electrons. The molecule has 2 fully saturated rings. The fourth-order valence-corrected chi connectivity index (χ4v) is 3.53. The first-order valence-corrected chi connectivity index (χ1v) is 7.12. The van der Waals surface area contributed by atoms with Crippen LogP contribution < -0.4 is 5.32 Å². The number of carbonyl (C=O) groups is 1. The Morgan fingerprint density at radius 1 is 1.11 bits per heavy atom. The van der Waals surface area contributed by atoms with E-state index in [4.69, 9.17) is 9.47 Å². The lowest BCUT2D eigenvalue weighted by Crippen LogP contribution is -2.64. The Kier molecular flexibility index (Phi) is 4.62. The minimum absolute atomic E-state index is 0.0562. The van der Waals surface area contributed by atoms with Crippen LogP contribution >= 0.6 is 0 Å². The summed E-state index contributed by atoms with van der Waals surface area (Å²) in [6, 6.07) is 0.444. The van der Waals surface area contributed by atoms with Gasteiger partial charge >= 0.3 is 5.97 Å². The van der Waals surface area contributed by atoms with Crippen molar-refractivity contribution in [1.82, 2.24) is 5.32 Å². The number of esters is 1. The van der Waals surface area contributed by atoms with Crippen LogP contribution in [-0.4, -0.2) is 37.9 Å². The predicted molar refractivity (Wildman–Crippen MR) is 69.4 cm³/mol. The van der Waals surface area contributed by atoms with Crippen LogP contribution in [0.25, 0.3) is 0 Å². The van der Waals surface area contributed by atoms with Crippen molar-refractivity contribution >= 4 is 5.97 Å². The Morgan fingerprint density at radius 2 is 1.78 bits per heavy atom. The highest BCUT2D eigenvalue weighted by Crippen LogP contribution is 2.34. The first-order valence-electron chi connectivity index (χ1n) is 7.12. The summed E-state index contributed by atoms with van der Waals surface area (Å²) < 4.78 is 10.6. The minimum Gasteiger partial charge on any atom is -0.468 e. The van der Waals surface area contributed by atoms with Gasteiger partial charge < -0.3 is 9.47 Å². The first-order chi connectivity index (χ1) is 8.73. The van der Waals surface area contributed by atoms with Gasteiger partial charge in [0.05, 0.1) is 13.2 Å². The Bertz CT molecular complexity index is 289. The van der Waals surface area contributed by atoms with Crippen LogP contribution in [0.3, 0.4) is 0 Å². The van der Waals surface area contributed by atoms with E-state index in [0.717, 1.165) is 38.5 Å². The quantitative estimate of drug-likeness (QED) is 0.781. The average Bonchev–Trinajstić information content (AvgIpc) is 2.91. The van der Waals surface area contributed by atoms with E-state index in [0.29, 0.717) is 6.04 Å². The third-order valence-corrected chi connectivity index (χ3v) is 4.49. The van der Waals surface area contributed by atoms with E-state index in [1.165, 1.54) is 20.0 Å². The van der Waals surface area contributed by atoms with E-state index in [1.54, 1.807) is 7.11 Å². The predicted octanol–water partition coefficient (Wildman–Crippen LogP) is 2.02. The first kappa shape index (κ1) is 13.8. The van der Waals surface area contributed by atoms with Crippen LogP contribution in [0.1, 0.15) is 51.4 Å². The Labute approximate surface area is 109 Å². The molecule has 4 nitrogen and oxygen atoms in total. The fraction of sp³-hybridized carbons (Fsp3) is 0.929.